The van der Waals surface area contributed by atoms with Crippen LogP contribution >= 0.6 is 0 Å². The van der Waals surface area contributed by atoms with Crippen LogP contribution in [0.5, 0.6) is 5.75 Å². The Balaban J connectivity index is 1.50. The Morgan fingerprint density at radius 2 is 1.76 bits per heavy atom. The third-order valence-electron chi connectivity index (χ3n) is 6.76. The molecule has 0 unspecified atom stereocenters. The molecular weight excluding hydrogens is 464 g/mol. The number of hydrogen-bond donors (Lipinski definition) is 1. The summed E-state index contributed by atoms with van der Waals surface area (Å²) in [4.78, 5) is 31.8. The van der Waals surface area contributed by atoms with Gasteiger partial charge in [-0.15, -0.1) is 0 Å². The fraction of sp³-hybridized carbons (Fsp3) is 0.467. The van der Waals surface area contributed by atoms with Crippen LogP contribution in [0.1, 0.15) is 43.7 Å². The van der Waals surface area contributed by atoms with E-state index in [1.54, 1.807) is 7.11 Å². The van der Waals surface area contributed by atoms with Gasteiger partial charge >= 0.3 is 6.03 Å². The fourth-order valence-electron chi connectivity index (χ4n) is 4.39. The Kier molecular flexibility index (Phi) is 11.5. The summed E-state index contributed by atoms with van der Waals surface area (Å²) in [6.45, 7) is 9.19. The molecule has 2 aromatic rings. The number of methoxy groups -OCH3 is 1. The molecule has 0 atom stereocenters. The average molecular weight is 507 g/mol. The number of benzene rings is 2. The first-order valence-electron chi connectivity index (χ1n) is 13.4. The first-order valence-corrected chi connectivity index (χ1v) is 13.4. The molecule has 3 rings (SSSR count). The van der Waals surface area contributed by atoms with E-state index in [2.05, 4.69) is 17.1 Å². The van der Waals surface area contributed by atoms with Crippen LogP contribution in [0.15, 0.2) is 54.6 Å². The van der Waals surface area contributed by atoms with Gasteiger partial charge in [0.1, 0.15) is 5.75 Å². The first-order chi connectivity index (χ1) is 18.0. The van der Waals surface area contributed by atoms with E-state index in [1.807, 2.05) is 77.4 Å². The van der Waals surface area contributed by atoms with Crippen molar-refractivity contribution in [2.75, 3.05) is 58.2 Å². The molecule has 0 bridgehead atoms. The molecule has 37 heavy (non-hydrogen) atoms. The SMILES string of the molecule is CCCCCC(=O)N(CC=Cc1ccccc1OC)CCN1CCN(C(=O)Nc2ccc(C)cc2)CC1. The number of carbonyl (C=O) groups is 2. The van der Waals surface area contributed by atoms with Crippen molar-refractivity contribution in [1.29, 1.82) is 0 Å². The van der Waals surface area contributed by atoms with Gasteiger partial charge in [0.05, 0.1) is 7.11 Å². The quantitative estimate of drug-likeness (QED) is 0.398. The maximum absolute atomic E-state index is 13.0. The minimum Gasteiger partial charge on any atom is -0.496 e. The number of urea groups is 1. The third kappa shape index (κ3) is 9.25. The topological polar surface area (TPSA) is 65.1 Å². The Labute approximate surface area is 222 Å². The van der Waals surface area contributed by atoms with Crippen molar-refractivity contribution in [3.05, 3.63) is 65.7 Å². The number of carbonyl (C=O) groups excluding carboxylic acids is 2. The zero-order valence-corrected chi connectivity index (χ0v) is 22.6. The maximum atomic E-state index is 13.0. The molecule has 7 nitrogen and oxygen atoms in total. The molecule has 2 aromatic carbocycles. The van der Waals surface area contributed by atoms with Crippen LogP contribution < -0.4 is 10.1 Å². The molecule has 1 heterocycles. The van der Waals surface area contributed by atoms with E-state index in [1.165, 1.54) is 5.56 Å². The number of ether oxygens (including phenoxy) is 1. The van der Waals surface area contributed by atoms with Crippen molar-refractivity contribution in [1.82, 2.24) is 14.7 Å². The second-order valence-corrected chi connectivity index (χ2v) is 9.57. The van der Waals surface area contributed by atoms with Crippen molar-refractivity contribution in [2.24, 2.45) is 0 Å². The number of amides is 3. The highest BCUT2D eigenvalue weighted by molar-refractivity contribution is 5.89. The summed E-state index contributed by atoms with van der Waals surface area (Å²) in [5.74, 6) is 1.03. The standard InChI is InChI=1S/C30H42N4O3/c1-4-5-6-13-29(35)33(18-9-11-26-10-7-8-12-28(26)37-3)22-19-32-20-23-34(24-21-32)30(36)31-27-16-14-25(2)15-17-27/h7-12,14-17H,4-6,13,18-24H2,1-3H3,(H,31,36). The van der Waals surface area contributed by atoms with Gasteiger partial charge in [-0.1, -0.05) is 67.8 Å². The van der Waals surface area contributed by atoms with Gasteiger partial charge in [0.15, 0.2) is 0 Å². The van der Waals surface area contributed by atoms with Crippen molar-refractivity contribution in [3.63, 3.8) is 0 Å². The third-order valence-corrected chi connectivity index (χ3v) is 6.76. The Morgan fingerprint density at radius 1 is 1.03 bits per heavy atom. The minimum absolute atomic E-state index is 0.0577. The van der Waals surface area contributed by atoms with Crippen molar-refractivity contribution < 1.29 is 14.3 Å². The Morgan fingerprint density at radius 3 is 2.46 bits per heavy atom. The summed E-state index contributed by atoms with van der Waals surface area (Å²) in [5.41, 5.74) is 2.99. The molecule has 1 saturated heterocycles. The molecule has 1 fully saturated rings. The number of unbranched alkanes of at least 4 members (excludes halogenated alkanes) is 2. The van der Waals surface area contributed by atoms with Crippen molar-refractivity contribution in [2.45, 2.75) is 39.5 Å². The Bertz CT molecular complexity index is 1010. The Hall–Kier alpha value is -3.32. The van der Waals surface area contributed by atoms with E-state index in [4.69, 9.17) is 4.74 Å². The van der Waals surface area contributed by atoms with Crippen LogP contribution in [0.3, 0.4) is 0 Å². The number of aryl methyl sites for hydroxylation is 1. The lowest BCUT2D eigenvalue weighted by atomic mass is 10.1. The van der Waals surface area contributed by atoms with Crippen LogP contribution in [-0.4, -0.2) is 79.6 Å². The van der Waals surface area contributed by atoms with Gasteiger partial charge in [-0.05, 0) is 31.5 Å². The highest BCUT2D eigenvalue weighted by Gasteiger charge is 2.22. The maximum Gasteiger partial charge on any atom is 0.321 e. The smallest absolute Gasteiger partial charge is 0.321 e. The molecule has 1 aliphatic heterocycles. The van der Waals surface area contributed by atoms with Gasteiger partial charge in [-0.3, -0.25) is 9.69 Å². The largest absolute Gasteiger partial charge is 0.496 e. The zero-order valence-electron chi connectivity index (χ0n) is 22.6. The summed E-state index contributed by atoms with van der Waals surface area (Å²) in [7, 11) is 1.67. The summed E-state index contributed by atoms with van der Waals surface area (Å²) in [5, 5.41) is 2.99. The molecule has 200 valence electrons. The summed E-state index contributed by atoms with van der Waals surface area (Å²) >= 11 is 0. The van der Waals surface area contributed by atoms with E-state index >= 15 is 0 Å². The monoisotopic (exact) mass is 506 g/mol. The summed E-state index contributed by atoms with van der Waals surface area (Å²) in [6, 6.07) is 15.7. The van der Waals surface area contributed by atoms with Gasteiger partial charge in [0, 0.05) is 63.5 Å². The van der Waals surface area contributed by atoms with Gasteiger partial charge in [-0.25, -0.2) is 4.79 Å². The number of hydrogen-bond acceptors (Lipinski definition) is 4. The number of rotatable bonds is 12. The minimum atomic E-state index is -0.0577. The van der Waals surface area contributed by atoms with Gasteiger partial charge in [0.2, 0.25) is 5.91 Å². The van der Waals surface area contributed by atoms with Crippen LogP contribution in [0, 0.1) is 6.92 Å². The molecule has 0 saturated carbocycles. The number of piperazine rings is 1. The lowest BCUT2D eigenvalue weighted by molar-refractivity contribution is -0.131. The van der Waals surface area contributed by atoms with E-state index in [9.17, 15) is 9.59 Å². The highest BCUT2D eigenvalue weighted by Crippen LogP contribution is 2.19. The molecule has 0 radical (unpaired) electrons. The second kappa shape index (κ2) is 15.1. The van der Waals surface area contributed by atoms with Gasteiger partial charge in [0.25, 0.3) is 0 Å². The molecule has 3 amide bonds. The average Bonchev–Trinajstić information content (AvgIpc) is 2.92. The molecule has 1 N–H and O–H groups in total. The highest BCUT2D eigenvalue weighted by atomic mass is 16.5. The van der Waals surface area contributed by atoms with E-state index < -0.39 is 0 Å². The number of anilines is 1. The van der Waals surface area contributed by atoms with Crippen molar-refractivity contribution in [3.8, 4) is 5.75 Å². The summed E-state index contributed by atoms with van der Waals surface area (Å²) in [6.07, 6.45) is 7.76. The van der Waals surface area contributed by atoms with E-state index in [0.717, 1.165) is 55.9 Å². The summed E-state index contributed by atoms with van der Waals surface area (Å²) < 4.78 is 5.44. The fourth-order valence-corrected chi connectivity index (χ4v) is 4.39. The van der Waals surface area contributed by atoms with E-state index in [0.29, 0.717) is 32.6 Å². The zero-order chi connectivity index (χ0) is 26.5. The molecule has 0 spiro atoms. The predicted molar refractivity (Wildman–Crippen MR) is 151 cm³/mol. The van der Waals surface area contributed by atoms with Crippen LogP contribution in [0.2, 0.25) is 0 Å². The number of nitrogens with zero attached hydrogens (tertiary/aromatic N) is 3. The predicted octanol–water partition coefficient (Wildman–Crippen LogP) is 5.28. The molecular formula is C30H42N4O3. The number of nitrogens with one attached hydrogen (secondary N) is 1. The number of para-hydroxylation sites is 1. The molecule has 1 aliphatic rings. The van der Waals surface area contributed by atoms with Crippen LogP contribution in [0.25, 0.3) is 6.08 Å². The van der Waals surface area contributed by atoms with Crippen molar-refractivity contribution >= 4 is 23.7 Å². The second-order valence-electron chi connectivity index (χ2n) is 9.57. The normalized spacial score (nSPS) is 14.1. The lowest BCUT2D eigenvalue weighted by Crippen LogP contribution is -2.51. The van der Waals surface area contributed by atoms with Crippen LogP contribution in [-0.2, 0) is 4.79 Å². The molecule has 0 aromatic heterocycles. The molecule has 7 heteroatoms. The van der Waals surface area contributed by atoms with Gasteiger partial charge < -0.3 is 19.9 Å². The van der Waals surface area contributed by atoms with Gasteiger partial charge in [-0.2, -0.15) is 0 Å². The van der Waals surface area contributed by atoms with Crippen LogP contribution in [0.4, 0.5) is 10.5 Å². The lowest BCUT2D eigenvalue weighted by Gasteiger charge is -2.35. The first kappa shape index (κ1) is 28.3. The molecule has 0 aliphatic carbocycles. The van der Waals surface area contributed by atoms with E-state index in [-0.39, 0.29) is 11.9 Å².